The summed E-state index contributed by atoms with van der Waals surface area (Å²) in [7, 11) is -4.28. The highest BCUT2D eigenvalue weighted by molar-refractivity contribution is 7.92. The fourth-order valence-electron chi connectivity index (χ4n) is 4.33. The highest BCUT2D eigenvalue weighted by Gasteiger charge is 2.41. The van der Waals surface area contributed by atoms with Gasteiger partial charge in [-0.15, -0.1) is 13.2 Å². The predicted octanol–water partition coefficient (Wildman–Crippen LogP) is 1.78. The summed E-state index contributed by atoms with van der Waals surface area (Å²) in [5, 5.41) is 10.2. The van der Waals surface area contributed by atoms with Crippen molar-refractivity contribution in [2.75, 3.05) is 23.9 Å². The number of anilines is 1. The van der Waals surface area contributed by atoms with Crippen molar-refractivity contribution in [3.05, 3.63) is 23.0 Å². The lowest BCUT2D eigenvalue weighted by Gasteiger charge is -2.37. The van der Waals surface area contributed by atoms with E-state index in [1.807, 2.05) is 4.90 Å². The molecule has 13 heteroatoms. The van der Waals surface area contributed by atoms with Crippen molar-refractivity contribution in [1.29, 1.82) is 0 Å². The van der Waals surface area contributed by atoms with Crippen molar-refractivity contribution in [2.45, 2.75) is 44.7 Å². The maximum absolute atomic E-state index is 15.2. The number of nitrogens with one attached hydrogen (secondary N) is 1. The molecule has 0 radical (unpaired) electrons. The van der Waals surface area contributed by atoms with E-state index >= 15 is 4.39 Å². The predicted molar refractivity (Wildman–Crippen MR) is 99.7 cm³/mol. The van der Waals surface area contributed by atoms with Crippen LogP contribution in [0.25, 0.3) is 0 Å². The zero-order valence-corrected chi connectivity index (χ0v) is 17.1. The molecule has 2 fully saturated rings. The lowest BCUT2D eigenvalue weighted by Crippen LogP contribution is -2.39. The van der Waals surface area contributed by atoms with Crippen LogP contribution in [0, 0.1) is 11.7 Å². The first kappa shape index (κ1) is 22.1. The van der Waals surface area contributed by atoms with Gasteiger partial charge in [0.25, 0.3) is 5.91 Å². The molecule has 4 rings (SSSR count). The Bertz CT molecular complexity index is 995. The number of alkyl halides is 3. The number of rotatable bonds is 5. The number of hydrogen-bond acceptors (Lipinski definition) is 6. The van der Waals surface area contributed by atoms with Gasteiger partial charge < -0.3 is 5.11 Å². The van der Waals surface area contributed by atoms with Crippen LogP contribution in [0.15, 0.2) is 6.07 Å². The standard InChI is InChI=1S/C18H21F4N3O5S/c19-16-13-8-24(3-1-10-5-12(6-10)30-18(20,21)22)4-2-11(13)7-14(26)17(16)25-9-15(27)23-31(25,28)29/h7,10,12,26H,1-6,8-9H2,(H,23,27). The Morgan fingerprint density at radius 3 is 2.58 bits per heavy atom. The van der Waals surface area contributed by atoms with E-state index in [2.05, 4.69) is 4.74 Å². The summed E-state index contributed by atoms with van der Waals surface area (Å²) in [4.78, 5) is 13.4. The van der Waals surface area contributed by atoms with Crippen LogP contribution in [-0.2, 0) is 32.7 Å². The SMILES string of the molecule is O=C1CN(c2c(O)cc3c(c2F)CN(CCC2CC(OC(F)(F)F)C2)CC3)S(=O)(=O)N1. The number of nitrogens with zero attached hydrogens (tertiary/aromatic N) is 2. The quantitative estimate of drug-likeness (QED) is 0.641. The van der Waals surface area contributed by atoms with Gasteiger partial charge in [0.15, 0.2) is 5.82 Å². The molecule has 1 aromatic carbocycles. The molecule has 31 heavy (non-hydrogen) atoms. The molecular formula is C18H21F4N3O5S. The fourth-order valence-corrected chi connectivity index (χ4v) is 5.49. The first-order chi connectivity index (χ1) is 14.4. The molecule has 0 bridgehead atoms. The van der Waals surface area contributed by atoms with E-state index < -0.39 is 52.4 Å². The highest BCUT2D eigenvalue weighted by Crippen LogP contribution is 2.40. The van der Waals surface area contributed by atoms with Crippen LogP contribution in [0.5, 0.6) is 5.75 Å². The molecular weight excluding hydrogens is 446 g/mol. The van der Waals surface area contributed by atoms with Gasteiger partial charge in [0.2, 0.25) is 0 Å². The van der Waals surface area contributed by atoms with Crippen LogP contribution in [-0.4, -0.2) is 56.4 Å². The molecule has 1 saturated heterocycles. The minimum Gasteiger partial charge on any atom is -0.506 e. The van der Waals surface area contributed by atoms with E-state index in [0.29, 0.717) is 48.6 Å². The molecule has 2 N–H and O–H groups in total. The molecule has 0 aromatic heterocycles. The van der Waals surface area contributed by atoms with Crippen LogP contribution in [0.2, 0.25) is 0 Å². The molecule has 1 aliphatic carbocycles. The second kappa shape index (κ2) is 7.78. The number of ether oxygens (including phenoxy) is 1. The van der Waals surface area contributed by atoms with Crippen molar-refractivity contribution in [2.24, 2.45) is 5.92 Å². The average Bonchev–Trinajstić information content (AvgIpc) is 2.88. The molecule has 1 amide bonds. The summed E-state index contributed by atoms with van der Waals surface area (Å²) in [6.07, 6.45) is -3.73. The first-order valence-corrected chi connectivity index (χ1v) is 11.2. The number of hydrogen-bond donors (Lipinski definition) is 2. The normalized spacial score (nSPS) is 25.8. The van der Waals surface area contributed by atoms with Gasteiger partial charge in [-0.25, -0.2) is 13.4 Å². The summed E-state index contributed by atoms with van der Waals surface area (Å²) < 4.78 is 82.2. The Balaban J connectivity index is 1.42. The number of benzene rings is 1. The van der Waals surface area contributed by atoms with Gasteiger partial charge in [0.1, 0.15) is 18.0 Å². The van der Waals surface area contributed by atoms with E-state index in [-0.39, 0.29) is 18.0 Å². The monoisotopic (exact) mass is 467 g/mol. The van der Waals surface area contributed by atoms with Gasteiger partial charge in [0.05, 0.1) is 6.10 Å². The zero-order valence-electron chi connectivity index (χ0n) is 16.3. The molecule has 172 valence electrons. The smallest absolute Gasteiger partial charge is 0.506 e. The Morgan fingerprint density at radius 2 is 1.97 bits per heavy atom. The summed E-state index contributed by atoms with van der Waals surface area (Å²) in [5.74, 6) is -2.19. The minimum atomic E-state index is -4.63. The van der Waals surface area contributed by atoms with Crippen molar-refractivity contribution in [1.82, 2.24) is 9.62 Å². The van der Waals surface area contributed by atoms with Crippen molar-refractivity contribution < 1.29 is 40.6 Å². The summed E-state index contributed by atoms with van der Waals surface area (Å²) >= 11 is 0. The number of fused-ring (bicyclic) bond motifs is 1. The van der Waals surface area contributed by atoms with Crippen LogP contribution in [0.4, 0.5) is 23.2 Å². The van der Waals surface area contributed by atoms with Crippen LogP contribution >= 0.6 is 0 Å². The van der Waals surface area contributed by atoms with Gasteiger partial charge in [-0.05, 0) is 49.8 Å². The molecule has 8 nitrogen and oxygen atoms in total. The van der Waals surface area contributed by atoms with Gasteiger partial charge in [-0.1, -0.05) is 0 Å². The second-order valence-electron chi connectivity index (χ2n) is 8.07. The molecule has 1 aromatic rings. The van der Waals surface area contributed by atoms with Gasteiger partial charge >= 0.3 is 16.6 Å². The number of halogens is 4. The van der Waals surface area contributed by atoms with E-state index in [0.717, 1.165) is 0 Å². The number of phenolic OH excluding ortho intramolecular Hbond substituents is 1. The Labute approximate surface area is 175 Å². The molecule has 3 aliphatic rings. The van der Waals surface area contributed by atoms with Crippen molar-refractivity contribution in [3.8, 4) is 5.75 Å². The molecule has 0 atom stereocenters. The fraction of sp³-hybridized carbons (Fsp3) is 0.611. The van der Waals surface area contributed by atoms with Crippen LogP contribution in [0.3, 0.4) is 0 Å². The van der Waals surface area contributed by atoms with Crippen LogP contribution < -0.4 is 9.03 Å². The Hall–Kier alpha value is -2.12. The molecule has 2 heterocycles. The topological polar surface area (TPSA) is 99.2 Å². The minimum absolute atomic E-state index is 0.0980. The average molecular weight is 467 g/mol. The summed E-state index contributed by atoms with van der Waals surface area (Å²) in [6.45, 7) is 0.653. The molecule has 0 spiro atoms. The lowest BCUT2D eigenvalue weighted by atomic mass is 9.80. The summed E-state index contributed by atoms with van der Waals surface area (Å²) in [5.41, 5.74) is 0.221. The number of phenols is 1. The number of amides is 1. The second-order valence-corrected chi connectivity index (χ2v) is 9.67. The number of carbonyl (C=O) groups is 1. The Kier molecular flexibility index (Phi) is 5.54. The highest BCUT2D eigenvalue weighted by atomic mass is 32.2. The molecule has 0 unspecified atom stereocenters. The van der Waals surface area contributed by atoms with Crippen molar-refractivity contribution >= 4 is 21.8 Å². The largest absolute Gasteiger partial charge is 0.522 e. The Morgan fingerprint density at radius 1 is 1.26 bits per heavy atom. The molecule has 2 aliphatic heterocycles. The van der Waals surface area contributed by atoms with E-state index in [1.165, 1.54) is 6.07 Å². The molecule has 1 saturated carbocycles. The maximum atomic E-state index is 15.2. The number of aromatic hydroxyl groups is 1. The third kappa shape index (κ3) is 4.58. The van der Waals surface area contributed by atoms with E-state index in [4.69, 9.17) is 0 Å². The lowest BCUT2D eigenvalue weighted by molar-refractivity contribution is -0.354. The third-order valence-corrected chi connectivity index (χ3v) is 7.29. The van der Waals surface area contributed by atoms with Gasteiger partial charge in [-0.2, -0.15) is 8.42 Å². The number of carbonyl (C=O) groups excluding carboxylic acids is 1. The summed E-state index contributed by atoms with van der Waals surface area (Å²) in [6, 6.07) is 1.31. The van der Waals surface area contributed by atoms with Crippen molar-refractivity contribution in [3.63, 3.8) is 0 Å². The maximum Gasteiger partial charge on any atom is 0.522 e. The van der Waals surface area contributed by atoms with Gasteiger partial charge in [0, 0.05) is 18.7 Å². The van der Waals surface area contributed by atoms with Crippen LogP contribution in [0.1, 0.15) is 30.4 Å². The third-order valence-electron chi connectivity index (χ3n) is 5.91. The van der Waals surface area contributed by atoms with E-state index in [9.17, 15) is 31.5 Å². The zero-order chi connectivity index (χ0) is 22.6. The first-order valence-electron chi connectivity index (χ1n) is 9.76. The van der Waals surface area contributed by atoms with E-state index in [1.54, 1.807) is 4.72 Å². The van der Waals surface area contributed by atoms with Gasteiger partial charge in [-0.3, -0.25) is 14.4 Å².